The molecule has 0 spiro atoms. The Morgan fingerprint density at radius 1 is 1.36 bits per heavy atom. The highest BCUT2D eigenvalue weighted by Gasteiger charge is 2.26. The maximum Gasteiger partial charge on any atom is 0.306 e. The van der Waals surface area contributed by atoms with Crippen LogP contribution in [-0.2, 0) is 4.79 Å². The number of halogens is 1. The molecule has 0 atom stereocenters. The van der Waals surface area contributed by atoms with Crippen LogP contribution < -0.4 is 16.0 Å². The molecular weight excluding hydrogens is 342 g/mol. The van der Waals surface area contributed by atoms with Gasteiger partial charge in [-0.05, 0) is 43.5 Å². The summed E-state index contributed by atoms with van der Waals surface area (Å²) < 4.78 is 0. The van der Waals surface area contributed by atoms with Crippen molar-refractivity contribution >= 4 is 40.6 Å². The molecule has 1 aliphatic rings. The first-order valence-electron chi connectivity index (χ1n) is 8.07. The number of rotatable bonds is 4. The van der Waals surface area contributed by atoms with Gasteiger partial charge in [-0.3, -0.25) is 4.79 Å². The number of aryl methyl sites for hydroxylation is 1. The summed E-state index contributed by atoms with van der Waals surface area (Å²) in [6, 6.07) is 5.53. The molecule has 0 aliphatic carbocycles. The van der Waals surface area contributed by atoms with Gasteiger partial charge in [-0.15, -0.1) is 0 Å². The van der Waals surface area contributed by atoms with E-state index in [1.54, 1.807) is 6.07 Å². The average Bonchev–Trinajstić information content (AvgIpc) is 2.59. The van der Waals surface area contributed by atoms with Gasteiger partial charge >= 0.3 is 5.97 Å². The summed E-state index contributed by atoms with van der Waals surface area (Å²) in [5.41, 5.74) is 8.56. The maximum absolute atomic E-state index is 11.1. The van der Waals surface area contributed by atoms with Crippen LogP contribution in [0.5, 0.6) is 0 Å². The second-order valence-corrected chi connectivity index (χ2v) is 6.58. The van der Waals surface area contributed by atoms with E-state index in [1.165, 1.54) is 6.33 Å². The van der Waals surface area contributed by atoms with Crippen molar-refractivity contribution in [1.82, 2.24) is 9.97 Å². The molecule has 8 heteroatoms. The lowest BCUT2D eigenvalue weighted by Crippen LogP contribution is -2.37. The summed E-state index contributed by atoms with van der Waals surface area (Å²) in [5, 5.41) is 13.0. The number of hydrogen-bond donors (Lipinski definition) is 3. The van der Waals surface area contributed by atoms with E-state index >= 15 is 0 Å². The minimum absolute atomic E-state index is 0.298. The molecule has 1 aromatic heterocycles. The number of nitrogens with one attached hydrogen (secondary N) is 1. The Balaban J connectivity index is 1.80. The molecule has 0 radical (unpaired) electrons. The molecule has 2 heterocycles. The standard InChI is InChI=1S/C17H20ClN5O2/c1-10-8-12(18)2-3-13(10)22-15-14(19)16(21-9-20-15)23-6-4-11(5-7-23)17(24)25/h2-3,8-9,11H,4-7,19H2,1H3,(H,24,25)(H,20,21,22). The minimum Gasteiger partial charge on any atom is -0.481 e. The maximum atomic E-state index is 11.1. The minimum atomic E-state index is -0.740. The van der Waals surface area contributed by atoms with Crippen molar-refractivity contribution in [3.05, 3.63) is 35.1 Å². The van der Waals surface area contributed by atoms with Crippen LogP contribution in [-0.4, -0.2) is 34.1 Å². The number of anilines is 4. The molecule has 1 aromatic carbocycles. The third-order valence-corrected chi connectivity index (χ3v) is 4.68. The lowest BCUT2D eigenvalue weighted by Gasteiger charge is -2.31. The molecule has 4 N–H and O–H groups in total. The molecule has 1 saturated heterocycles. The van der Waals surface area contributed by atoms with E-state index in [0.717, 1.165) is 11.3 Å². The zero-order chi connectivity index (χ0) is 18.0. The first-order valence-corrected chi connectivity index (χ1v) is 8.45. The predicted octanol–water partition coefficient (Wildman–Crippen LogP) is 3.07. The van der Waals surface area contributed by atoms with Crippen molar-refractivity contribution in [2.45, 2.75) is 19.8 Å². The van der Waals surface area contributed by atoms with Gasteiger partial charge in [0.25, 0.3) is 0 Å². The fourth-order valence-corrected chi connectivity index (χ4v) is 3.20. The van der Waals surface area contributed by atoms with Crippen molar-refractivity contribution in [3.63, 3.8) is 0 Å². The summed E-state index contributed by atoms with van der Waals surface area (Å²) in [5.74, 6) is 0.119. The van der Waals surface area contributed by atoms with Crippen molar-refractivity contribution < 1.29 is 9.90 Å². The van der Waals surface area contributed by atoms with Crippen LogP contribution in [0.25, 0.3) is 0 Å². The van der Waals surface area contributed by atoms with E-state index in [0.29, 0.717) is 48.3 Å². The van der Waals surface area contributed by atoms with Gasteiger partial charge < -0.3 is 21.1 Å². The van der Waals surface area contributed by atoms with Crippen LogP contribution in [0.4, 0.5) is 23.0 Å². The Morgan fingerprint density at radius 3 is 2.72 bits per heavy atom. The number of nitrogen functional groups attached to an aromatic ring is 1. The number of aliphatic carboxylic acids is 1. The van der Waals surface area contributed by atoms with E-state index in [2.05, 4.69) is 15.3 Å². The SMILES string of the molecule is Cc1cc(Cl)ccc1Nc1ncnc(N2CCC(C(=O)O)CC2)c1N. The molecular formula is C17H20ClN5O2. The topological polar surface area (TPSA) is 104 Å². The van der Waals surface area contributed by atoms with Crippen LogP contribution >= 0.6 is 11.6 Å². The highest BCUT2D eigenvalue weighted by molar-refractivity contribution is 6.30. The number of aromatic nitrogens is 2. The molecule has 132 valence electrons. The van der Waals surface area contributed by atoms with E-state index < -0.39 is 5.97 Å². The smallest absolute Gasteiger partial charge is 0.306 e. The predicted molar refractivity (Wildman–Crippen MR) is 98.5 cm³/mol. The number of carboxylic acids is 1. The Labute approximate surface area is 150 Å². The molecule has 2 aromatic rings. The summed E-state index contributed by atoms with van der Waals surface area (Å²) in [7, 11) is 0. The van der Waals surface area contributed by atoms with Gasteiger partial charge in [0.05, 0.1) is 5.92 Å². The molecule has 1 fully saturated rings. The van der Waals surface area contributed by atoms with Gasteiger partial charge in [0.1, 0.15) is 12.0 Å². The quantitative estimate of drug-likeness (QED) is 0.768. The van der Waals surface area contributed by atoms with E-state index in [4.69, 9.17) is 22.4 Å². The fraction of sp³-hybridized carbons (Fsp3) is 0.353. The lowest BCUT2D eigenvalue weighted by atomic mass is 9.97. The van der Waals surface area contributed by atoms with E-state index in [1.807, 2.05) is 24.0 Å². The summed E-state index contributed by atoms with van der Waals surface area (Å²) in [6.45, 7) is 3.17. The molecule has 0 bridgehead atoms. The van der Waals surface area contributed by atoms with Crippen molar-refractivity contribution in [2.24, 2.45) is 5.92 Å². The highest BCUT2D eigenvalue weighted by atomic mass is 35.5. The third kappa shape index (κ3) is 3.76. The molecule has 25 heavy (non-hydrogen) atoms. The van der Waals surface area contributed by atoms with Crippen LogP contribution in [0.1, 0.15) is 18.4 Å². The van der Waals surface area contributed by atoms with Crippen LogP contribution in [0.3, 0.4) is 0 Å². The van der Waals surface area contributed by atoms with Gasteiger partial charge in [0.2, 0.25) is 0 Å². The van der Waals surface area contributed by atoms with Crippen LogP contribution in [0.15, 0.2) is 24.5 Å². The second-order valence-electron chi connectivity index (χ2n) is 6.14. The van der Waals surface area contributed by atoms with E-state index in [9.17, 15) is 4.79 Å². The number of carbonyl (C=O) groups is 1. The van der Waals surface area contributed by atoms with Crippen molar-refractivity contribution in [1.29, 1.82) is 0 Å². The summed E-state index contributed by atoms with van der Waals surface area (Å²) in [6.07, 6.45) is 2.62. The van der Waals surface area contributed by atoms with Gasteiger partial charge in [-0.1, -0.05) is 11.6 Å². The monoisotopic (exact) mass is 361 g/mol. The molecule has 1 aliphatic heterocycles. The van der Waals surface area contributed by atoms with Gasteiger partial charge in [-0.2, -0.15) is 0 Å². The zero-order valence-electron chi connectivity index (χ0n) is 13.9. The first-order chi connectivity index (χ1) is 12.0. The number of carboxylic acid groups (broad SMARTS) is 1. The normalized spacial score (nSPS) is 15.2. The van der Waals surface area contributed by atoms with Gasteiger partial charge in [0.15, 0.2) is 11.6 Å². The first kappa shape index (κ1) is 17.3. The number of piperidine rings is 1. The van der Waals surface area contributed by atoms with Gasteiger partial charge in [0, 0.05) is 23.8 Å². The Kier molecular flexibility index (Phi) is 4.94. The zero-order valence-corrected chi connectivity index (χ0v) is 14.6. The third-order valence-electron chi connectivity index (χ3n) is 4.45. The number of nitrogens with zero attached hydrogens (tertiary/aromatic N) is 3. The molecule has 0 saturated carbocycles. The number of benzene rings is 1. The average molecular weight is 362 g/mol. The molecule has 0 unspecified atom stereocenters. The largest absolute Gasteiger partial charge is 0.481 e. The van der Waals surface area contributed by atoms with Crippen molar-refractivity contribution in [3.8, 4) is 0 Å². The summed E-state index contributed by atoms with van der Waals surface area (Å²) >= 11 is 5.99. The fourth-order valence-electron chi connectivity index (χ4n) is 2.97. The summed E-state index contributed by atoms with van der Waals surface area (Å²) in [4.78, 5) is 21.6. The Morgan fingerprint density at radius 2 is 2.08 bits per heavy atom. The Hall–Kier alpha value is -2.54. The van der Waals surface area contributed by atoms with E-state index in [-0.39, 0.29) is 5.92 Å². The molecule has 3 rings (SSSR count). The number of nitrogens with two attached hydrogens (primary N) is 1. The lowest BCUT2D eigenvalue weighted by molar-refractivity contribution is -0.142. The second kappa shape index (κ2) is 7.14. The van der Waals surface area contributed by atoms with Gasteiger partial charge in [-0.25, -0.2) is 9.97 Å². The van der Waals surface area contributed by atoms with Crippen molar-refractivity contribution in [2.75, 3.05) is 29.0 Å². The van der Waals surface area contributed by atoms with Crippen LogP contribution in [0, 0.1) is 12.8 Å². The number of hydrogen-bond acceptors (Lipinski definition) is 6. The highest BCUT2D eigenvalue weighted by Crippen LogP contribution is 2.32. The molecule has 7 nitrogen and oxygen atoms in total. The Bertz CT molecular complexity index is 791. The van der Waals surface area contributed by atoms with Crippen LogP contribution in [0.2, 0.25) is 5.02 Å². The molecule has 0 amide bonds.